The van der Waals surface area contributed by atoms with Gasteiger partial charge in [-0.05, 0) is 45.0 Å². The van der Waals surface area contributed by atoms with E-state index >= 15 is 0 Å². The second-order valence-corrected chi connectivity index (χ2v) is 4.98. The van der Waals surface area contributed by atoms with Crippen LogP contribution < -0.4 is 5.32 Å². The van der Waals surface area contributed by atoms with Gasteiger partial charge < -0.3 is 5.32 Å². The minimum atomic E-state index is -0.0386. The lowest BCUT2D eigenvalue weighted by molar-refractivity contribution is -0.120. The lowest BCUT2D eigenvalue weighted by Crippen LogP contribution is -2.42. The molecule has 18 heavy (non-hydrogen) atoms. The topological polar surface area (TPSA) is 32.3 Å². The fourth-order valence-corrected chi connectivity index (χ4v) is 2.42. The van der Waals surface area contributed by atoms with Crippen molar-refractivity contribution in [3.05, 3.63) is 30.3 Å². The molecular formula is C15H22N2O. The van der Waals surface area contributed by atoms with Crippen LogP contribution in [0.25, 0.3) is 0 Å². The second kappa shape index (κ2) is 6.55. The Balaban J connectivity index is 1.91. The van der Waals surface area contributed by atoms with Crippen molar-refractivity contribution in [2.45, 2.75) is 38.6 Å². The number of likely N-dealkylation sites (tertiary alicyclic amines) is 1. The highest BCUT2D eigenvalue weighted by Crippen LogP contribution is 2.14. The first-order chi connectivity index (χ1) is 8.77. The number of rotatable bonds is 3. The van der Waals surface area contributed by atoms with Crippen molar-refractivity contribution in [3.63, 3.8) is 0 Å². The smallest absolute Gasteiger partial charge is 0.241 e. The number of para-hydroxylation sites is 1. The summed E-state index contributed by atoms with van der Waals surface area (Å²) in [5.41, 5.74) is 0.879. The van der Waals surface area contributed by atoms with Gasteiger partial charge in [-0.15, -0.1) is 0 Å². The molecule has 3 heteroatoms. The summed E-state index contributed by atoms with van der Waals surface area (Å²) in [6.45, 7) is 4.09. The van der Waals surface area contributed by atoms with E-state index in [9.17, 15) is 4.79 Å². The van der Waals surface area contributed by atoms with Crippen LogP contribution in [0.1, 0.15) is 32.6 Å². The van der Waals surface area contributed by atoms with Crippen molar-refractivity contribution >= 4 is 11.6 Å². The van der Waals surface area contributed by atoms with Crippen molar-refractivity contribution in [2.24, 2.45) is 0 Å². The Morgan fingerprint density at radius 1 is 1.11 bits per heavy atom. The number of hydrogen-bond acceptors (Lipinski definition) is 2. The monoisotopic (exact) mass is 246 g/mol. The number of anilines is 1. The second-order valence-electron chi connectivity index (χ2n) is 4.98. The molecule has 0 aromatic heterocycles. The molecule has 2 rings (SSSR count). The molecule has 1 atom stereocenters. The highest BCUT2D eigenvalue weighted by Gasteiger charge is 2.21. The summed E-state index contributed by atoms with van der Waals surface area (Å²) in [5.74, 6) is 0.100. The molecule has 0 aliphatic carbocycles. The molecule has 98 valence electrons. The van der Waals surface area contributed by atoms with Gasteiger partial charge in [0.2, 0.25) is 5.91 Å². The zero-order chi connectivity index (χ0) is 12.8. The van der Waals surface area contributed by atoms with Gasteiger partial charge in [-0.25, -0.2) is 0 Å². The third kappa shape index (κ3) is 3.57. The molecule has 1 aliphatic heterocycles. The molecular weight excluding hydrogens is 224 g/mol. The van der Waals surface area contributed by atoms with Crippen LogP contribution in [0.2, 0.25) is 0 Å². The maximum atomic E-state index is 12.2. The lowest BCUT2D eigenvalue weighted by Gasteiger charge is -2.26. The molecule has 3 nitrogen and oxygen atoms in total. The van der Waals surface area contributed by atoms with Gasteiger partial charge in [-0.2, -0.15) is 0 Å². The molecule has 1 aliphatic rings. The molecule has 0 saturated carbocycles. The highest BCUT2D eigenvalue weighted by molar-refractivity contribution is 5.94. The van der Waals surface area contributed by atoms with Crippen molar-refractivity contribution in [1.29, 1.82) is 0 Å². The molecule has 0 radical (unpaired) electrons. The standard InChI is InChI=1S/C15H22N2O/c1-13(17-11-7-2-3-8-12-17)15(18)16-14-9-5-4-6-10-14/h4-6,9-10,13H,2-3,7-8,11-12H2,1H3,(H,16,18)/t13-/m0/s1. The van der Waals surface area contributed by atoms with E-state index in [0.717, 1.165) is 18.8 Å². The van der Waals surface area contributed by atoms with E-state index in [1.54, 1.807) is 0 Å². The Hall–Kier alpha value is -1.35. The third-order valence-corrected chi connectivity index (χ3v) is 3.61. The first-order valence-corrected chi connectivity index (χ1v) is 6.87. The number of carbonyl (C=O) groups is 1. The summed E-state index contributed by atoms with van der Waals surface area (Å²) in [5, 5.41) is 2.98. The maximum absolute atomic E-state index is 12.2. The van der Waals surface area contributed by atoms with E-state index in [-0.39, 0.29) is 11.9 Å². The van der Waals surface area contributed by atoms with Crippen LogP contribution in [0.15, 0.2) is 30.3 Å². The molecule has 1 aromatic carbocycles. The largest absolute Gasteiger partial charge is 0.325 e. The SMILES string of the molecule is C[C@@H](C(=O)Nc1ccccc1)N1CCCCCC1. The minimum Gasteiger partial charge on any atom is -0.325 e. The Labute approximate surface area is 109 Å². The molecule has 1 aromatic rings. The normalized spacial score (nSPS) is 18.9. The van der Waals surface area contributed by atoms with Crippen LogP contribution in [0.5, 0.6) is 0 Å². The first kappa shape index (κ1) is 13.1. The van der Waals surface area contributed by atoms with Gasteiger partial charge in [0, 0.05) is 5.69 Å². The average molecular weight is 246 g/mol. The summed E-state index contributed by atoms with van der Waals surface area (Å²) < 4.78 is 0. The number of hydrogen-bond donors (Lipinski definition) is 1. The molecule has 0 bridgehead atoms. The number of carbonyl (C=O) groups excluding carboxylic acids is 1. The van der Waals surface area contributed by atoms with Crippen molar-refractivity contribution in [3.8, 4) is 0 Å². The summed E-state index contributed by atoms with van der Waals surface area (Å²) in [6.07, 6.45) is 5.01. The Kier molecular flexibility index (Phi) is 4.76. The molecule has 0 spiro atoms. The van der Waals surface area contributed by atoms with E-state index in [0.29, 0.717) is 0 Å². The van der Waals surface area contributed by atoms with Crippen LogP contribution in [0.3, 0.4) is 0 Å². The zero-order valence-corrected chi connectivity index (χ0v) is 11.1. The predicted molar refractivity (Wildman–Crippen MR) is 74.6 cm³/mol. The van der Waals surface area contributed by atoms with Crippen LogP contribution in [0, 0.1) is 0 Å². The first-order valence-electron chi connectivity index (χ1n) is 6.87. The summed E-state index contributed by atoms with van der Waals surface area (Å²) in [6, 6.07) is 9.63. The van der Waals surface area contributed by atoms with Gasteiger partial charge in [0.25, 0.3) is 0 Å². The van der Waals surface area contributed by atoms with Gasteiger partial charge in [-0.1, -0.05) is 31.0 Å². The van der Waals surface area contributed by atoms with E-state index in [1.807, 2.05) is 37.3 Å². The summed E-state index contributed by atoms with van der Waals surface area (Å²) in [4.78, 5) is 14.5. The van der Waals surface area contributed by atoms with Crippen LogP contribution in [-0.2, 0) is 4.79 Å². The molecule has 1 heterocycles. The van der Waals surface area contributed by atoms with Crippen LogP contribution in [0.4, 0.5) is 5.69 Å². The Morgan fingerprint density at radius 3 is 2.33 bits per heavy atom. The molecule has 1 N–H and O–H groups in total. The molecule has 1 amide bonds. The van der Waals surface area contributed by atoms with Gasteiger partial charge in [0.1, 0.15) is 0 Å². The zero-order valence-electron chi connectivity index (χ0n) is 11.1. The van der Waals surface area contributed by atoms with Crippen molar-refractivity contribution in [1.82, 2.24) is 4.90 Å². The summed E-state index contributed by atoms with van der Waals surface area (Å²) >= 11 is 0. The van der Waals surface area contributed by atoms with Crippen LogP contribution >= 0.6 is 0 Å². The van der Waals surface area contributed by atoms with Gasteiger partial charge in [-0.3, -0.25) is 9.69 Å². The molecule has 1 saturated heterocycles. The van der Waals surface area contributed by atoms with E-state index in [2.05, 4.69) is 10.2 Å². The quantitative estimate of drug-likeness (QED) is 0.889. The maximum Gasteiger partial charge on any atom is 0.241 e. The molecule has 1 fully saturated rings. The van der Waals surface area contributed by atoms with Gasteiger partial charge in [0.15, 0.2) is 0 Å². The Morgan fingerprint density at radius 2 is 1.72 bits per heavy atom. The highest BCUT2D eigenvalue weighted by atomic mass is 16.2. The minimum absolute atomic E-state index is 0.0386. The summed E-state index contributed by atoms with van der Waals surface area (Å²) in [7, 11) is 0. The Bertz CT molecular complexity index is 369. The van der Waals surface area contributed by atoms with E-state index < -0.39 is 0 Å². The predicted octanol–water partition coefficient (Wildman–Crippen LogP) is 2.89. The van der Waals surface area contributed by atoms with E-state index in [1.165, 1.54) is 25.7 Å². The fraction of sp³-hybridized carbons (Fsp3) is 0.533. The van der Waals surface area contributed by atoms with Crippen molar-refractivity contribution < 1.29 is 4.79 Å². The van der Waals surface area contributed by atoms with E-state index in [4.69, 9.17) is 0 Å². The lowest BCUT2D eigenvalue weighted by atomic mass is 10.2. The average Bonchev–Trinajstić information content (AvgIpc) is 2.68. The van der Waals surface area contributed by atoms with Crippen LogP contribution in [-0.4, -0.2) is 29.9 Å². The van der Waals surface area contributed by atoms with Gasteiger partial charge >= 0.3 is 0 Å². The third-order valence-electron chi connectivity index (χ3n) is 3.61. The number of amides is 1. The number of nitrogens with zero attached hydrogens (tertiary/aromatic N) is 1. The van der Waals surface area contributed by atoms with Crippen molar-refractivity contribution in [2.75, 3.05) is 18.4 Å². The van der Waals surface area contributed by atoms with Gasteiger partial charge in [0.05, 0.1) is 6.04 Å². The fourth-order valence-electron chi connectivity index (χ4n) is 2.42. The number of benzene rings is 1. The number of nitrogens with one attached hydrogen (secondary N) is 1. The molecule has 0 unspecified atom stereocenters.